The van der Waals surface area contributed by atoms with E-state index >= 15 is 0 Å². The van der Waals surface area contributed by atoms with Gasteiger partial charge in [0.25, 0.3) is 0 Å². The molecule has 0 spiro atoms. The van der Waals surface area contributed by atoms with Gasteiger partial charge in [-0.05, 0) is 24.5 Å². The molecule has 7 nitrogen and oxygen atoms in total. The Morgan fingerprint density at radius 2 is 2.00 bits per heavy atom. The van der Waals surface area contributed by atoms with Gasteiger partial charge in [0.1, 0.15) is 5.75 Å². The van der Waals surface area contributed by atoms with Crippen molar-refractivity contribution in [3.8, 4) is 11.6 Å². The number of carbonyl (C=O) groups excluding carboxylic acids is 2. The van der Waals surface area contributed by atoms with E-state index in [0.717, 1.165) is 24.0 Å². The van der Waals surface area contributed by atoms with Crippen LogP contribution in [-0.4, -0.2) is 42.5 Å². The molecule has 2 atom stereocenters. The van der Waals surface area contributed by atoms with Crippen LogP contribution in [0.25, 0.3) is 0 Å². The minimum atomic E-state index is -0.350. The number of hydrogen-bond acceptors (Lipinski definition) is 5. The molecule has 1 aliphatic heterocycles. The largest absolute Gasteiger partial charge is 0.496 e. The second kappa shape index (κ2) is 10.8. The Hall–Kier alpha value is -3.09. The van der Waals surface area contributed by atoms with Crippen molar-refractivity contribution in [1.29, 1.82) is 0 Å². The number of aromatic nitrogens is 1. The molecule has 1 aliphatic rings. The third-order valence-corrected chi connectivity index (χ3v) is 5.73. The lowest BCUT2D eigenvalue weighted by Gasteiger charge is -2.41. The lowest BCUT2D eigenvalue weighted by molar-refractivity contribution is -0.143. The van der Waals surface area contributed by atoms with Gasteiger partial charge in [0.05, 0.1) is 26.2 Å². The third kappa shape index (κ3) is 5.34. The molecule has 0 bridgehead atoms. The molecule has 166 valence electrons. The van der Waals surface area contributed by atoms with Crippen LogP contribution in [0.15, 0.2) is 42.6 Å². The molecule has 1 saturated heterocycles. The number of nitrogens with one attached hydrogen (secondary N) is 1. The molecule has 1 N–H and O–H groups in total. The van der Waals surface area contributed by atoms with Crippen molar-refractivity contribution in [3.05, 3.63) is 53.7 Å². The predicted octanol–water partition coefficient (Wildman–Crippen LogP) is 3.50. The Kier molecular flexibility index (Phi) is 7.87. The number of pyridine rings is 1. The van der Waals surface area contributed by atoms with Crippen LogP contribution < -0.4 is 14.8 Å². The van der Waals surface area contributed by atoms with Gasteiger partial charge in [-0.3, -0.25) is 9.59 Å². The van der Waals surface area contributed by atoms with Crippen LogP contribution in [0.2, 0.25) is 0 Å². The van der Waals surface area contributed by atoms with E-state index in [-0.39, 0.29) is 23.8 Å². The molecule has 0 radical (unpaired) electrons. The van der Waals surface area contributed by atoms with Gasteiger partial charge in [0, 0.05) is 37.3 Å². The summed E-state index contributed by atoms with van der Waals surface area (Å²) in [5.41, 5.74) is 1.76. The van der Waals surface area contributed by atoms with E-state index in [1.165, 1.54) is 0 Å². The number of methoxy groups -OCH3 is 2. The van der Waals surface area contributed by atoms with Gasteiger partial charge in [0.2, 0.25) is 17.7 Å². The van der Waals surface area contributed by atoms with Crippen LogP contribution >= 0.6 is 0 Å². The topological polar surface area (TPSA) is 80.8 Å². The first kappa shape index (κ1) is 22.6. The molecule has 1 fully saturated rings. The van der Waals surface area contributed by atoms with Crippen molar-refractivity contribution in [2.24, 2.45) is 5.92 Å². The van der Waals surface area contributed by atoms with Crippen molar-refractivity contribution >= 4 is 11.8 Å². The second-order valence-corrected chi connectivity index (χ2v) is 7.70. The Morgan fingerprint density at radius 1 is 1.19 bits per heavy atom. The summed E-state index contributed by atoms with van der Waals surface area (Å²) in [6.45, 7) is 3.09. The highest BCUT2D eigenvalue weighted by molar-refractivity contribution is 5.85. The zero-order valence-electron chi connectivity index (χ0n) is 18.5. The number of carbonyl (C=O) groups is 2. The Bertz CT molecular complexity index is 885. The van der Waals surface area contributed by atoms with Crippen LogP contribution in [0.3, 0.4) is 0 Å². The number of unbranched alkanes of at least 4 members (excludes halogenated alkanes) is 1. The third-order valence-electron chi connectivity index (χ3n) is 5.73. The summed E-state index contributed by atoms with van der Waals surface area (Å²) in [6.07, 6.45) is 4.44. The maximum Gasteiger partial charge on any atom is 0.225 e. The summed E-state index contributed by atoms with van der Waals surface area (Å²) in [7, 11) is 3.18. The van der Waals surface area contributed by atoms with Gasteiger partial charge in [-0.25, -0.2) is 4.98 Å². The summed E-state index contributed by atoms with van der Waals surface area (Å²) in [5.74, 6) is 0.898. The molecule has 1 aromatic heterocycles. The SMILES string of the molecule is CCCCN1C(=O)CC[C@H](C(=O)NCc2ccc(OC)nc2)[C@H]1c1ccccc1OC. The number of ether oxygens (including phenoxy) is 2. The van der Waals surface area contributed by atoms with Crippen LogP contribution in [-0.2, 0) is 16.1 Å². The zero-order valence-corrected chi connectivity index (χ0v) is 18.5. The first-order chi connectivity index (χ1) is 15.1. The van der Waals surface area contributed by atoms with Crippen molar-refractivity contribution in [2.45, 2.75) is 45.2 Å². The van der Waals surface area contributed by atoms with Crippen LogP contribution in [0.1, 0.15) is 49.8 Å². The summed E-state index contributed by atoms with van der Waals surface area (Å²) in [5, 5.41) is 3.04. The number of para-hydroxylation sites is 1. The molecule has 2 aromatic rings. The normalized spacial score (nSPS) is 18.5. The molecule has 7 heteroatoms. The van der Waals surface area contributed by atoms with E-state index in [9.17, 15) is 9.59 Å². The van der Waals surface area contributed by atoms with Crippen LogP contribution in [0.4, 0.5) is 0 Å². The van der Waals surface area contributed by atoms with Crippen molar-refractivity contribution in [1.82, 2.24) is 15.2 Å². The fourth-order valence-corrected chi connectivity index (χ4v) is 4.07. The van der Waals surface area contributed by atoms with Gasteiger partial charge in [-0.15, -0.1) is 0 Å². The molecule has 2 amide bonds. The second-order valence-electron chi connectivity index (χ2n) is 7.70. The highest BCUT2D eigenvalue weighted by Crippen LogP contribution is 2.40. The number of amides is 2. The van der Waals surface area contributed by atoms with Crippen LogP contribution in [0, 0.1) is 5.92 Å². The van der Waals surface area contributed by atoms with E-state index in [0.29, 0.717) is 37.6 Å². The highest BCUT2D eigenvalue weighted by atomic mass is 16.5. The predicted molar refractivity (Wildman–Crippen MR) is 118 cm³/mol. The maximum atomic E-state index is 13.3. The van der Waals surface area contributed by atoms with E-state index in [2.05, 4.69) is 17.2 Å². The van der Waals surface area contributed by atoms with E-state index < -0.39 is 0 Å². The fourth-order valence-electron chi connectivity index (χ4n) is 4.07. The molecule has 0 saturated carbocycles. The first-order valence-electron chi connectivity index (χ1n) is 10.8. The van der Waals surface area contributed by atoms with Crippen molar-refractivity contribution in [2.75, 3.05) is 20.8 Å². The number of hydrogen-bond donors (Lipinski definition) is 1. The van der Waals surface area contributed by atoms with Crippen LogP contribution in [0.5, 0.6) is 11.6 Å². The van der Waals surface area contributed by atoms with Gasteiger partial charge in [-0.1, -0.05) is 37.6 Å². The minimum absolute atomic E-state index is 0.0688. The summed E-state index contributed by atoms with van der Waals surface area (Å²) in [4.78, 5) is 32.1. The number of benzene rings is 1. The van der Waals surface area contributed by atoms with Gasteiger partial charge in [-0.2, -0.15) is 0 Å². The summed E-state index contributed by atoms with van der Waals surface area (Å²) < 4.78 is 10.7. The Balaban J connectivity index is 1.84. The summed E-state index contributed by atoms with van der Waals surface area (Å²) >= 11 is 0. The number of rotatable bonds is 9. The molecule has 1 aromatic carbocycles. The number of nitrogens with zero attached hydrogens (tertiary/aromatic N) is 2. The summed E-state index contributed by atoms with van der Waals surface area (Å²) in [6, 6.07) is 11.0. The van der Waals surface area contributed by atoms with Crippen molar-refractivity contribution < 1.29 is 19.1 Å². The fraction of sp³-hybridized carbons (Fsp3) is 0.458. The molecular formula is C24H31N3O4. The number of likely N-dealkylation sites (tertiary alicyclic amines) is 1. The molecule has 0 unspecified atom stereocenters. The average Bonchev–Trinajstić information content (AvgIpc) is 2.81. The molecule has 3 rings (SSSR count). The molecular weight excluding hydrogens is 394 g/mol. The molecule has 31 heavy (non-hydrogen) atoms. The van der Waals surface area contributed by atoms with Gasteiger partial charge in [0.15, 0.2) is 0 Å². The average molecular weight is 426 g/mol. The Morgan fingerprint density at radius 3 is 2.68 bits per heavy atom. The molecule has 2 heterocycles. The van der Waals surface area contributed by atoms with E-state index in [4.69, 9.17) is 9.47 Å². The van der Waals surface area contributed by atoms with E-state index in [1.807, 2.05) is 35.2 Å². The van der Waals surface area contributed by atoms with Crippen molar-refractivity contribution in [3.63, 3.8) is 0 Å². The smallest absolute Gasteiger partial charge is 0.225 e. The van der Waals surface area contributed by atoms with E-state index in [1.54, 1.807) is 26.5 Å². The minimum Gasteiger partial charge on any atom is -0.496 e. The quantitative estimate of drug-likeness (QED) is 0.665. The lowest BCUT2D eigenvalue weighted by atomic mass is 9.83. The zero-order chi connectivity index (χ0) is 22.2. The molecule has 0 aliphatic carbocycles. The van der Waals surface area contributed by atoms with Gasteiger partial charge < -0.3 is 19.7 Å². The number of piperidine rings is 1. The van der Waals surface area contributed by atoms with Gasteiger partial charge >= 0.3 is 0 Å². The maximum absolute atomic E-state index is 13.3. The standard InChI is InChI=1S/C24H31N3O4/c1-4-5-14-27-22(28)13-11-19(23(27)18-8-6-7-9-20(18)30-2)24(29)26-16-17-10-12-21(31-3)25-15-17/h6-10,12,15,19,23H,4-5,11,13-14,16H2,1-3H3,(H,26,29)/t19-,23+/m0/s1. The highest BCUT2D eigenvalue weighted by Gasteiger charge is 2.41. The monoisotopic (exact) mass is 425 g/mol. The lowest BCUT2D eigenvalue weighted by Crippen LogP contribution is -2.48. The Labute approximate surface area is 183 Å². The first-order valence-corrected chi connectivity index (χ1v) is 10.8.